The number of carbonyl (C=O) groups excluding carboxylic acids is 1. The van der Waals surface area contributed by atoms with Crippen molar-refractivity contribution in [1.29, 1.82) is 0 Å². The molecular formula is C16H23NO3. The van der Waals surface area contributed by atoms with Gasteiger partial charge in [-0.05, 0) is 38.7 Å². The summed E-state index contributed by atoms with van der Waals surface area (Å²) in [4.78, 5) is 11.8. The van der Waals surface area contributed by atoms with Gasteiger partial charge in [0.1, 0.15) is 5.60 Å². The molecule has 4 heteroatoms. The Morgan fingerprint density at radius 1 is 1.40 bits per heavy atom. The van der Waals surface area contributed by atoms with E-state index in [9.17, 15) is 9.90 Å². The number of rotatable bonds is 4. The number of nitrogens with one attached hydrogen (secondary N) is 1. The van der Waals surface area contributed by atoms with Crippen LogP contribution in [0, 0.1) is 5.92 Å². The van der Waals surface area contributed by atoms with E-state index in [0.717, 1.165) is 12.0 Å². The number of ether oxygens (including phenoxy) is 1. The van der Waals surface area contributed by atoms with Gasteiger partial charge in [0, 0.05) is 18.6 Å². The van der Waals surface area contributed by atoms with E-state index in [1.54, 1.807) is 0 Å². The van der Waals surface area contributed by atoms with Crippen molar-refractivity contribution in [3.05, 3.63) is 35.9 Å². The quantitative estimate of drug-likeness (QED) is 0.889. The molecule has 1 aromatic carbocycles. The second-order valence-corrected chi connectivity index (χ2v) is 6.46. The van der Waals surface area contributed by atoms with Gasteiger partial charge in [0.25, 0.3) is 0 Å². The number of hydrogen-bond donors (Lipinski definition) is 2. The van der Waals surface area contributed by atoms with Crippen molar-refractivity contribution in [2.75, 3.05) is 13.2 Å². The van der Waals surface area contributed by atoms with E-state index in [1.807, 2.05) is 51.1 Å². The fraction of sp³-hybridized carbons (Fsp3) is 0.562. The second-order valence-electron chi connectivity index (χ2n) is 6.46. The lowest BCUT2D eigenvalue weighted by molar-refractivity contribution is 0.0520. The molecule has 2 unspecified atom stereocenters. The van der Waals surface area contributed by atoms with Gasteiger partial charge in [-0.2, -0.15) is 0 Å². The molecule has 1 aliphatic rings. The fourth-order valence-corrected chi connectivity index (χ4v) is 2.61. The molecular weight excluding hydrogens is 254 g/mol. The minimum absolute atomic E-state index is 0.144. The molecule has 2 rings (SSSR count). The lowest BCUT2D eigenvalue weighted by Gasteiger charge is -2.22. The molecule has 1 fully saturated rings. The van der Waals surface area contributed by atoms with Crippen molar-refractivity contribution < 1.29 is 14.6 Å². The molecule has 0 aliphatic heterocycles. The van der Waals surface area contributed by atoms with Crippen LogP contribution in [0.4, 0.5) is 4.79 Å². The summed E-state index contributed by atoms with van der Waals surface area (Å²) in [6, 6.07) is 10.0. The molecule has 1 saturated carbocycles. The maximum atomic E-state index is 11.8. The minimum Gasteiger partial charge on any atom is -0.444 e. The molecule has 0 saturated heterocycles. The first kappa shape index (κ1) is 14.9. The highest BCUT2D eigenvalue weighted by Crippen LogP contribution is 2.53. The second kappa shape index (κ2) is 5.44. The molecule has 1 aromatic rings. The van der Waals surface area contributed by atoms with Crippen LogP contribution in [0.15, 0.2) is 30.3 Å². The third-order valence-corrected chi connectivity index (χ3v) is 3.75. The predicted molar refractivity (Wildman–Crippen MR) is 77.5 cm³/mol. The van der Waals surface area contributed by atoms with Gasteiger partial charge in [-0.3, -0.25) is 0 Å². The van der Waals surface area contributed by atoms with Crippen molar-refractivity contribution in [1.82, 2.24) is 5.32 Å². The molecule has 1 aliphatic carbocycles. The topological polar surface area (TPSA) is 58.6 Å². The highest BCUT2D eigenvalue weighted by molar-refractivity contribution is 5.68. The molecule has 0 aromatic heterocycles. The van der Waals surface area contributed by atoms with E-state index in [1.165, 1.54) is 0 Å². The van der Waals surface area contributed by atoms with Gasteiger partial charge in [-0.1, -0.05) is 30.3 Å². The summed E-state index contributed by atoms with van der Waals surface area (Å²) in [7, 11) is 0. The lowest BCUT2D eigenvalue weighted by atomic mass is 9.93. The number of aliphatic hydroxyl groups is 1. The van der Waals surface area contributed by atoms with Crippen LogP contribution in [0.5, 0.6) is 0 Å². The van der Waals surface area contributed by atoms with Gasteiger partial charge in [-0.25, -0.2) is 4.79 Å². The lowest BCUT2D eigenvalue weighted by Crippen LogP contribution is -2.37. The summed E-state index contributed by atoms with van der Waals surface area (Å²) in [6.45, 7) is 6.16. The molecule has 0 heterocycles. The maximum absolute atomic E-state index is 11.8. The smallest absolute Gasteiger partial charge is 0.407 e. The van der Waals surface area contributed by atoms with Crippen LogP contribution in [0.3, 0.4) is 0 Å². The van der Waals surface area contributed by atoms with E-state index in [-0.39, 0.29) is 17.9 Å². The van der Waals surface area contributed by atoms with Gasteiger partial charge >= 0.3 is 6.09 Å². The van der Waals surface area contributed by atoms with E-state index in [0.29, 0.717) is 6.54 Å². The number of amides is 1. The Morgan fingerprint density at radius 3 is 2.55 bits per heavy atom. The summed E-state index contributed by atoms with van der Waals surface area (Å²) in [5.74, 6) is 0.208. The molecule has 0 spiro atoms. The van der Waals surface area contributed by atoms with Crippen molar-refractivity contribution in [2.24, 2.45) is 5.92 Å². The fourth-order valence-electron chi connectivity index (χ4n) is 2.61. The SMILES string of the molecule is CC(C)(C)OC(=O)NCC1(c2ccccc2)CC1CO. The van der Waals surface area contributed by atoms with Gasteiger partial charge in [0.05, 0.1) is 0 Å². The Hall–Kier alpha value is -1.55. The first-order valence-corrected chi connectivity index (χ1v) is 7.01. The zero-order chi connectivity index (χ0) is 14.8. The monoisotopic (exact) mass is 277 g/mol. The Kier molecular flexibility index (Phi) is 4.04. The van der Waals surface area contributed by atoms with E-state index in [2.05, 4.69) is 5.32 Å². The minimum atomic E-state index is -0.496. The zero-order valence-electron chi connectivity index (χ0n) is 12.3. The van der Waals surface area contributed by atoms with Crippen molar-refractivity contribution in [3.63, 3.8) is 0 Å². The van der Waals surface area contributed by atoms with Crippen LogP contribution < -0.4 is 5.32 Å². The molecule has 0 bridgehead atoms. The highest BCUT2D eigenvalue weighted by Gasteiger charge is 2.54. The van der Waals surface area contributed by atoms with E-state index in [4.69, 9.17) is 4.74 Å². The number of carbonyl (C=O) groups is 1. The number of benzene rings is 1. The van der Waals surface area contributed by atoms with E-state index >= 15 is 0 Å². The molecule has 2 N–H and O–H groups in total. The Balaban J connectivity index is 2.00. The summed E-state index contributed by atoms with van der Waals surface area (Å²) >= 11 is 0. The third kappa shape index (κ3) is 3.31. The average molecular weight is 277 g/mol. The number of aliphatic hydroxyl groups excluding tert-OH is 1. The normalized spacial score (nSPS) is 25.1. The largest absolute Gasteiger partial charge is 0.444 e. The van der Waals surface area contributed by atoms with Crippen LogP contribution >= 0.6 is 0 Å². The van der Waals surface area contributed by atoms with Crippen molar-refractivity contribution >= 4 is 6.09 Å². The number of hydrogen-bond acceptors (Lipinski definition) is 3. The number of alkyl carbamates (subject to hydrolysis) is 1. The molecule has 20 heavy (non-hydrogen) atoms. The van der Waals surface area contributed by atoms with Crippen molar-refractivity contribution in [3.8, 4) is 0 Å². The summed E-state index contributed by atoms with van der Waals surface area (Å²) in [5, 5.41) is 12.2. The standard InChI is InChI=1S/C16H23NO3/c1-15(2,3)20-14(19)17-11-16(9-13(16)10-18)12-7-5-4-6-8-12/h4-8,13,18H,9-11H2,1-3H3,(H,17,19). The predicted octanol–water partition coefficient (Wildman–Crippen LogP) is 2.46. The Morgan fingerprint density at radius 2 is 2.05 bits per heavy atom. The van der Waals surface area contributed by atoms with Crippen LogP contribution in [0.25, 0.3) is 0 Å². The molecule has 0 radical (unpaired) electrons. The van der Waals surface area contributed by atoms with E-state index < -0.39 is 11.7 Å². The third-order valence-electron chi connectivity index (χ3n) is 3.75. The van der Waals surface area contributed by atoms with Crippen LogP contribution in [0.1, 0.15) is 32.8 Å². The van der Waals surface area contributed by atoms with Crippen LogP contribution in [-0.4, -0.2) is 30.0 Å². The first-order chi connectivity index (χ1) is 9.37. The van der Waals surface area contributed by atoms with Gasteiger partial charge in [0.2, 0.25) is 0 Å². The molecule has 2 atom stereocenters. The highest BCUT2D eigenvalue weighted by atomic mass is 16.6. The summed E-state index contributed by atoms with van der Waals surface area (Å²) < 4.78 is 5.25. The summed E-state index contributed by atoms with van der Waals surface area (Å²) in [5.41, 5.74) is 0.520. The van der Waals surface area contributed by atoms with Crippen molar-refractivity contribution in [2.45, 2.75) is 38.2 Å². The molecule has 110 valence electrons. The van der Waals surface area contributed by atoms with Gasteiger partial charge < -0.3 is 15.2 Å². The molecule has 1 amide bonds. The first-order valence-electron chi connectivity index (χ1n) is 7.01. The zero-order valence-corrected chi connectivity index (χ0v) is 12.3. The Bertz CT molecular complexity index is 466. The molecule has 4 nitrogen and oxygen atoms in total. The summed E-state index contributed by atoms with van der Waals surface area (Å²) in [6.07, 6.45) is 0.486. The van der Waals surface area contributed by atoms with Gasteiger partial charge in [-0.15, -0.1) is 0 Å². The maximum Gasteiger partial charge on any atom is 0.407 e. The van der Waals surface area contributed by atoms with Crippen LogP contribution in [-0.2, 0) is 10.2 Å². The Labute approximate surface area is 120 Å². The average Bonchev–Trinajstić information content (AvgIpc) is 3.11. The van der Waals surface area contributed by atoms with Crippen LogP contribution in [0.2, 0.25) is 0 Å². The van der Waals surface area contributed by atoms with Gasteiger partial charge in [0.15, 0.2) is 0 Å².